The van der Waals surface area contributed by atoms with Gasteiger partial charge in [0.2, 0.25) is 11.8 Å². The summed E-state index contributed by atoms with van der Waals surface area (Å²) in [5.41, 5.74) is 2.35. The maximum Gasteiger partial charge on any atom is 0.238 e. The summed E-state index contributed by atoms with van der Waals surface area (Å²) in [4.78, 5) is 32.4. The molecule has 2 amide bonds. The van der Waals surface area contributed by atoms with Crippen LogP contribution in [0.3, 0.4) is 0 Å². The van der Waals surface area contributed by atoms with Gasteiger partial charge in [0, 0.05) is 18.2 Å². The normalized spacial score (nSPS) is 17.3. The Balaban J connectivity index is 1.57. The summed E-state index contributed by atoms with van der Waals surface area (Å²) in [5, 5.41) is 2.83. The second kappa shape index (κ2) is 10.2. The summed E-state index contributed by atoms with van der Waals surface area (Å²) < 4.78 is 5.22. The number of hydrogen-bond donors (Lipinski definition) is 1. The van der Waals surface area contributed by atoms with E-state index in [2.05, 4.69) is 5.32 Å². The molecule has 1 unspecified atom stereocenters. The minimum Gasteiger partial charge on any atom is -0.497 e. The lowest BCUT2D eigenvalue weighted by atomic mass is 10.2. The highest BCUT2D eigenvalue weighted by molar-refractivity contribution is 8.15. The number of amidine groups is 1. The molecule has 1 heterocycles. The van der Waals surface area contributed by atoms with Gasteiger partial charge in [-0.05, 0) is 29.8 Å². The zero-order valence-electron chi connectivity index (χ0n) is 17.6. The number of para-hydroxylation sites is 1. The molecule has 0 aromatic heterocycles. The average molecular weight is 446 g/mol. The van der Waals surface area contributed by atoms with Crippen molar-refractivity contribution < 1.29 is 14.3 Å². The van der Waals surface area contributed by atoms with E-state index in [4.69, 9.17) is 9.73 Å². The van der Waals surface area contributed by atoms with E-state index in [1.54, 1.807) is 36.3 Å². The number of anilines is 1. The third-order valence-electron chi connectivity index (χ3n) is 4.93. The molecule has 1 aliphatic heterocycles. The number of rotatable bonds is 6. The topological polar surface area (TPSA) is 71.0 Å². The monoisotopic (exact) mass is 445 g/mol. The van der Waals surface area contributed by atoms with Crippen LogP contribution in [0, 0.1) is 0 Å². The molecule has 0 aliphatic carbocycles. The number of amides is 2. The number of nitrogens with one attached hydrogen (secondary N) is 1. The summed E-state index contributed by atoms with van der Waals surface area (Å²) in [6, 6.07) is 26.3. The minimum absolute atomic E-state index is 0.0983. The Morgan fingerprint density at radius 3 is 2.50 bits per heavy atom. The highest BCUT2D eigenvalue weighted by Crippen LogP contribution is 2.31. The van der Waals surface area contributed by atoms with Crippen molar-refractivity contribution in [3.05, 3.63) is 90.5 Å². The molecule has 32 heavy (non-hydrogen) atoms. The Morgan fingerprint density at radius 1 is 1.06 bits per heavy atom. The SMILES string of the molecule is COc1cccc(NC(=O)C2CC(=O)N(Cc3ccccc3)C(=Nc3ccccc3)S2)c1. The van der Waals surface area contributed by atoms with E-state index < -0.39 is 5.25 Å². The van der Waals surface area contributed by atoms with Crippen LogP contribution in [-0.4, -0.2) is 34.2 Å². The van der Waals surface area contributed by atoms with Crippen molar-refractivity contribution in [3.8, 4) is 5.75 Å². The number of carbonyl (C=O) groups is 2. The van der Waals surface area contributed by atoms with Crippen molar-refractivity contribution in [1.82, 2.24) is 4.90 Å². The molecule has 6 nitrogen and oxygen atoms in total. The fourth-order valence-electron chi connectivity index (χ4n) is 3.30. The van der Waals surface area contributed by atoms with Crippen molar-refractivity contribution in [2.75, 3.05) is 12.4 Å². The van der Waals surface area contributed by atoms with Crippen LogP contribution in [0.15, 0.2) is 89.9 Å². The number of thioether (sulfide) groups is 1. The van der Waals surface area contributed by atoms with Crippen LogP contribution in [-0.2, 0) is 16.1 Å². The van der Waals surface area contributed by atoms with Gasteiger partial charge in [-0.15, -0.1) is 0 Å². The Bertz CT molecular complexity index is 1120. The smallest absolute Gasteiger partial charge is 0.238 e. The lowest BCUT2D eigenvalue weighted by molar-refractivity contribution is -0.129. The lowest BCUT2D eigenvalue weighted by Gasteiger charge is -2.32. The number of nitrogens with zero attached hydrogens (tertiary/aromatic N) is 2. The molecule has 1 saturated heterocycles. The lowest BCUT2D eigenvalue weighted by Crippen LogP contribution is -2.44. The molecule has 0 saturated carbocycles. The van der Waals surface area contributed by atoms with Crippen LogP contribution in [0.2, 0.25) is 0 Å². The minimum atomic E-state index is -0.580. The molecule has 1 aliphatic rings. The van der Waals surface area contributed by atoms with E-state index in [0.717, 1.165) is 11.3 Å². The van der Waals surface area contributed by atoms with Gasteiger partial charge in [0.25, 0.3) is 0 Å². The molecule has 0 spiro atoms. The summed E-state index contributed by atoms with van der Waals surface area (Å²) in [6.45, 7) is 0.405. The van der Waals surface area contributed by atoms with Gasteiger partial charge >= 0.3 is 0 Å². The van der Waals surface area contributed by atoms with Gasteiger partial charge in [-0.1, -0.05) is 66.4 Å². The van der Waals surface area contributed by atoms with Gasteiger partial charge in [-0.25, -0.2) is 4.99 Å². The Labute approximate surface area is 191 Å². The zero-order chi connectivity index (χ0) is 22.3. The maximum atomic E-state index is 13.1. The van der Waals surface area contributed by atoms with Crippen LogP contribution >= 0.6 is 11.8 Å². The molecule has 3 aromatic rings. The molecular formula is C25H23N3O3S. The number of ether oxygens (including phenoxy) is 1. The molecule has 7 heteroatoms. The van der Waals surface area contributed by atoms with Crippen LogP contribution in [0.1, 0.15) is 12.0 Å². The first-order chi connectivity index (χ1) is 15.6. The molecule has 1 N–H and O–H groups in total. The van der Waals surface area contributed by atoms with Crippen molar-refractivity contribution in [2.45, 2.75) is 18.2 Å². The van der Waals surface area contributed by atoms with Crippen LogP contribution < -0.4 is 10.1 Å². The largest absolute Gasteiger partial charge is 0.497 e. The first-order valence-electron chi connectivity index (χ1n) is 10.2. The third kappa shape index (κ3) is 5.36. The zero-order valence-corrected chi connectivity index (χ0v) is 18.4. The van der Waals surface area contributed by atoms with E-state index in [-0.39, 0.29) is 18.2 Å². The summed E-state index contributed by atoms with van der Waals surface area (Å²) in [6.07, 6.45) is 0.0983. The quantitative estimate of drug-likeness (QED) is 0.588. The second-order valence-corrected chi connectivity index (χ2v) is 8.40. The fourth-order valence-corrected chi connectivity index (χ4v) is 4.40. The second-order valence-electron chi connectivity index (χ2n) is 7.23. The predicted molar refractivity (Wildman–Crippen MR) is 128 cm³/mol. The standard InChI is InChI=1S/C25H23N3O3S/c1-31-21-14-8-13-20(15-21)26-24(30)22-16-23(29)28(17-18-9-4-2-5-10-18)25(32-22)27-19-11-6-3-7-12-19/h2-15,22H,16-17H2,1H3,(H,26,30). The number of carbonyl (C=O) groups excluding carboxylic acids is 2. The van der Waals surface area contributed by atoms with E-state index in [0.29, 0.717) is 23.1 Å². The van der Waals surface area contributed by atoms with Gasteiger partial charge in [-0.2, -0.15) is 0 Å². The molecule has 4 rings (SSSR count). The van der Waals surface area contributed by atoms with Crippen LogP contribution in [0.5, 0.6) is 5.75 Å². The summed E-state index contributed by atoms with van der Waals surface area (Å²) in [5.74, 6) is 0.278. The molecule has 0 radical (unpaired) electrons. The van der Waals surface area contributed by atoms with Gasteiger partial charge in [0.1, 0.15) is 11.0 Å². The maximum absolute atomic E-state index is 13.1. The first-order valence-corrected chi connectivity index (χ1v) is 11.1. The average Bonchev–Trinajstić information content (AvgIpc) is 2.82. The van der Waals surface area contributed by atoms with Crippen molar-refractivity contribution in [1.29, 1.82) is 0 Å². The highest BCUT2D eigenvalue weighted by atomic mass is 32.2. The van der Waals surface area contributed by atoms with Crippen LogP contribution in [0.4, 0.5) is 11.4 Å². The summed E-state index contributed by atoms with van der Waals surface area (Å²) in [7, 11) is 1.57. The van der Waals surface area contributed by atoms with E-state index in [9.17, 15) is 9.59 Å². The fraction of sp³-hybridized carbons (Fsp3) is 0.160. The first kappa shape index (κ1) is 21.6. The molecular weight excluding hydrogens is 422 g/mol. The highest BCUT2D eigenvalue weighted by Gasteiger charge is 2.36. The van der Waals surface area contributed by atoms with E-state index >= 15 is 0 Å². The van der Waals surface area contributed by atoms with Crippen LogP contribution in [0.25, 0.3) is 0 Å². The predicted octanol–water partition coefficient (Wildman–Crippen LogP) is 4.86. The third-order valence-corrected chi connectivity index (χ3v) is 6.12. The number of aliphatic imine (C=N–C) groups is 1. The summed E-state index contributed by atoms with van der Waals surface area (Å²) >= 11 is 1.31. The number of benzene rings is 3. The number of methoxy groups -OCH3 is 1. The Hall–Kier alpha value is -3.58. The van der Waals surface area contributed by atoms with Gasteiger partial charge in [0.05, 0.1) is 19.3 Å². The Morgan fingerprint density at radius 2 is 1.78 bits per heavy atom. The van der Waals surface area contributed by atoms with Crippen molar-refractivity contribution in [2.24, 2.45) is 4.99 Å². The molecule has 1 fully saturated rings. The molecule has 1 atom stereocenters. The Kier molecular flexibility index (Phi) is 6.87. The molecule has 0 bridgehead atoms. The molecule has 3 aromatic carbocycles. The van der Waals surface area contributed by atoms with Gasteiger partial charge in [0.15, 0.2) is 5.17 Å². The van der Waals surface area contributed by atoms with Crippen molar-refractivity contribution >= 4 is 40.1 Å². The van der Waals surface area contributed by atoms with E-state index in [1.807, 2.05) is 60.7 Å². The van der Waals surface area contributed by atoms with E-state index in [1.165, 1.54) is 11.8 Å². The van der Waals surface area contributed by atoms with Gasteiger partial charge < -0.3 is 10.1 Å². The number of hydrogen-bond acceptors (Lipinski definition) is 5. The molecule has 162 valence electrons. The van der Waals surface area contributed by atoms with Gasteiger partial charge in [-0.3, -0.25) is 14.5 Å². The van der Waals surface area contributed by atoms with Crippen molar-refractivity contribution in [3.63, 3.8) is 0 Å².